The molecule has 3 nitrogen and oxygen atoms in total. The number of halogens is 3. The summed E-state index contributed by atoms with van der Waals surface area (Å²) in [5, 5.41) is 0.896. The van der Waals surface area contributed by atoms with Gasteiger partial charge in [-0.05, 0) is 40.2 Å². The predicted molar refractivity (Wildman–Crippen MR) is 72.9 cm³/mol. The van der Waals surface area contributed by atoms with E-state index in [2.05, 4.69) is 20.9 Å². The van der Waals surface area contributed by atoms with E-state index in [-0.39, 0.29) is 5.15 Å². The molecule has 0 radical (unpaired) electrons. The summed E-state index contributed by atoms with van der Waals surface area (Å²) in [7, 11) is 0. The van der Waals surface area contributed by atoms with Crippen molar-refractivity contribution < 1.29 is 4.74 Å². The van der Waals surface area contributed by atoms with Crippen LogP contribution in [0.15, 0.2) is 34.8 Å². The molecule has 1 aromatic heterocycles. The van der Waals surface area contributed by atoms with Gasteiger partial charge in [0.2, 0.25) is 5.88 Å². The van der Waals surface area contributed by atoms with Crippen molar-refractivity contribution in [2.24, 2.45) is 0 Å². The summed E-state index contributed by atoms with van der Waals surface area (Å²) in [5.74, 6) is 0.918. The number of nitrogens with zero attached hydrogens (tertiary/aromatic N) is 1. The van der Waals surface area contributed by atoms with Gasteiger partial charge in [-0.3, -0.25) is 0 Å². The molecule has 0 saturated carbocycles. The molecule has 0 aliphatic rings. The van der Waals surface area contributed by atoms with Gasteiger partial charge in [-0.1, -0.05) is 23.2 Å². The Morgan fingerprint density at radius 1 is 1.18 bits per heavy atom. The van der Waals surface area contributed by atoms with Crippen LogP contribution in [0.4, 0.5) is 5.69 Å². The van der Waals surface area contributed by atoms with E-state index >= 15 is 0 Å². The number of anilines is 1. The van der Waals surface area contributed by atoms with Gasteiger partial charge in [0.25, 0.3) is 0 Å². The summed E-state index contributed by atoms with van der Waals surface area (Å²) in [5.41, 5.74) is 6.13. The third-order valence-electron chi connectivity index (χ3n) is 1.90. The van der Waals surface area contributed by atoms with Gasteiger partial charge in [-0.15, -0.1) is 0 Å². The van der Waals surface area contributed by atoms with Gasteiger partial charge in [0, 0.05) is 16.8 Å². The first-order chi connectivity index (χ1) is 8.04. The van der Waals surface area contributed by atoms with Crippen LogP contribution in [-0.2, 0) is 0 Å². The monoisotopic (exact) mass is 332 g/mol. The van der Waals surface area contributed by atoms with Crippen LogP contribution in [0.3, 0.4) is 0 Å². The number of aromatic nitrogens is 1. The fourth-order valence-electron chi connectivity index (χ4n) is 1.21. The van der Waals surface area contributed by atoms with Crippen molar-refractivity contribution >= 4 is 44.8 Å². The summed E-state index contributed by atoms with van der Waals surface area (Å²) < 4.78 is 6.27. The second-order valence-corrected chi connectivity index (χ2v) is 4.92. The van der Waals surface area contributed by atoms with E-state index in [9.17, 15) is 0 Å². The summed E-state index contributed by atoms with van der Waals surface area (Å²) in [4.78, 5) is 4.00. The zero-order chi connectivity index (χ0) is 12.4. The molecule has 17 heavy (non-hydrogen) atoms. The fourth-order valence-corrected chi connectivity index (χ4v) is 2.19. The molecule has 0 atom stereocenters. The Morgan fingerprint density at radius 2 is 1.94 bits per heavy atom. The maximum atomic E-state index is 5.83. The third-order valence-corrected chi connectivity index (χ3v) is 2.95. The van der Waals surface area contributed by atoms with Gasteiger partial charge in [0.05, 0.1) is 4.47 Å². The number of benzene rings is 1. The molecule has 0 bridgehead atoms. The second-order valence-electron chi connectivity index (χ2n) is 3.24. The average Bonchev–Trinajstić information content (AvgIpc) is 2.21. The summed E-state index contributed by atoms with van der Waals surface area (Å²) >= 11 is 14.9. The lowest BCUT2D eigenvalue weighted by molar-refractivity contribution is 0.460. The largest absolute Gasteiger partial charge is 0.438 e. The Morgan fingerprint density at radius 3 is 2.59 bits per heavy atom. The maximum Gasteiger partial charge on any atom is 0.222 e. The van der Waals surface area contributed by atoms with Crippen LogP contribution >= 0.6 is 39.1 Å². The topological polar surface area (TPSA) is 48.1 Å². The van der Waals surface area contributed by atoms with Crippen molar-refractivity contribution in [3.05, 3.63) is 45.0 Å². The van der Waals surface area contributed by atoms with Gasteiger partial charge >= 0.3 is 0 Å². The lowest BCUT2D eigenvalue weighted by Crippen LogP contribution is -1.92. The van der Waals surface area contributed by atoms with Crippen molar-refractivity contribution in [1.82, 2.24) is 4.98 Å². The summed E-state index contributed by atoms with van der Waals surface area (Å²) in [6.07, 6.45) is 0. The number of nitrogen functional groups attached to an aromatic ring is 1. The highest BCUT2D eigenvalue weighted by molar-refractivity contribution is 9.10. The van der Waals surface area contributed by atoms with E-state index in [0.717, 1.165) is 4.47 Å². The number of rotatable bonds is 2. The molecule has 1 aromatic carbocycles. The first-order valence-electron chi connectivity index (χ1n) is 4.60. The molecular weight excluding hydrogens is 327 g/mol. The van der Waals surface area contributed by atoms with Crippen LogP contribution in [0.5, 0.6) is 11.6 Å². The second kappa shape index (κ2) is 5.12. The van der Waals surface area contributed by atoms with E-state index in [0.29, 0.717) is 22.3 Å². The quantitative estimate of drug-likeness (QED) is 0.821. The molecule has 2 N–H and O–H groups in total. The SMILES string of the molecule is Nc1cc(Cl)nc(Oc2ccc(Cl)cc2Br)c1. The van der Waals surface area contributed by atoms with Gasteiger partial charge in [0.15, 0.2) is 0 Å². The number of nitrogens with two attached hydrogens (primary N) is 1. The van der Waals surface area contributed by atoms with Gasteiger partial charge < -0.3 is 10.5 Å². The molecular formula is C11H7BrCl2N2O. The van der Waals surface area contributed by atoms with Gasteiger partial charge in [-0.2, -0.15) is 0 Å². The highest BCUT2D eigenvalue weighted by atomic mass is 79.9. The smallest absolute Gasteiger partial charge is 0.222 e. The fraction of sp³-hybridized carbons (Fsp3) is 0. The van der Waals surface area contributed by atoms with Crippen molar-refractivity contribution in [2.75, 3.05) is 5.73 Å². The molecule has 2 aromatic rings. The Balaban J connectivity index is 2.31. The Bertz CT molecular complexity index is 543. The van der Waals surface area contributed by atoms with E-state index in [1.165, 1.54) is 0 Å². The minimum atomic E-state index is 0.282. The molecule has 0 spiro atoms. The van der Waals surface area contributed by atoms with Crippen LogP contribution in [0.25, 0.3) is 0 Å². The van der Waals surface area contributed by atoms with E-state index in [1.54, 1.807) is 30.3 Å². The summed E-state index contributed by atoms with van der Waals surface area (Å²) in [6, 6.07) is 8.31. The molecule has 6 heteroatoms. The molecule has 1 heterocycles. The Hall–Kier alpha value is -0.970. The zero-order valence-corrected chi connectivity index (χ0v) is 11.6. The van der Waals surface area contributed by atoms with Gasteiger partial charge in [-0.25, -0.2) is 4.98 Å². The van der Waals surface area contributed by atoms with E-state index < -0.39 is 0 Å². The minimum absolute atomic E-state index is 0.282. The molecule has 0 amide bonds. The van der Waals surface area contributed by atoms with Gasteiger partial charge in [0.1, 0.15) is 10.9 Å². The molecule has 88 valence electrons. The van der Waals surface area contributed by atoms with Crippen molar-refractivity contribution in [3.8, 4) is 11.6 Å². The van der Waals surface area contributed by atoms with Crippen LogP contribution < -0.4 is 10.5 Å². The molecule has 0 saturated heterocycles. The summed E-state index contributed by atoms with van der Waals surface area (Å²) in [6.45, 7) is 0. The molecule has 0 aliphatic carbocycles. The molecule has 2 rings (SSSR count). The van der Waals surface area contributed by atoms with E-state index in [1.807, 2.05) is 0 Å². The van der Waals surface area contributed by atoms with Crippen molar-refractivity contribution in [3.63, 3.8) is 0 Å². The first kappa shape index (κ1) is 12.5. The van der Waals surface area contributed by atoms with Crippen LogP contribution in [-0.4, -0.2) is 4.98 Å². The number of pyridine rings is 1. The Kier molecular flexibility index (Phi) is 3.76. The highest BCUT2D eigenvalue weighted by Gasteiger charge is 2.06. The van der Waals surface area contributed by atoms with E-state index in [4.69, 9.17) is 33.7 Å². The lowest BCUT2D eigenvalue weighted by atomic mass is 10.3. The Labute approximate surface area is 117 Å². The average molecular weight is 334 g/mol. The third kappa shape index (κ3) is 3.25. The first-order valence-corrected chi connectivity index (χ1v) is 6.15. The lowest BCUT2D eigenvalue weighted by Gasteiger charge is -2.07. The van der Waals surface area contributed by atoms with Crippen molar-refractivity contribution in [1.29, 1.82) is 0 Å². The molecule has 0 fully saturated rings. The minimum Gasteiger partial charge on any atom is -0.438 e. The highest BCUT2D eigenvalue weighted by Crippen LogP contribution is 2.32. The number of hydrogen-bond acceptors (Lipinski definition) is 3. The predicted octanol–water partition coefficient (Wildman–Crippen LogP) is 4.53. The number of ether oxygens (including phenoxy) is 1. The molecule has 0 aliphatic heterocycles. The molecule has 0 unspecified atom stereocenters. The number of hydrogen-bond donors (Lipinski definition) is 1. The maximum absolute atomic E-state index is 5.83. The normalized spacial score (nSPS) is 10.3. The zero-order valence-electron chi connectivity index (χ0n) is 8.45. The van der Waals surface area contributed by atoms with Crippen molar-refractivity contribution in [2.45, 2.75) is 0 Å². The standard InChI is InChI=1S/C11H7BrCl2N2O/c12-8-3-6(13)1-2-9(8)17-11-5-7(15)4-10(14)16-11/h1-5H,(H2,15,16). The van der Waals surface area contributed by atoms with Crippen LogP contribution in [0, 0.1) is 0 Å². The van der Waals surface area contributed by atoms with Crippen LogP contribution in [0.2, 0.25) is 10.2 Å². The van der Waals surface area contributed by atoms with Crippen LogP contribution in [0.1, 0.15) is 0 Å².